The van der Waals surface area contributed by atoms with Gasteiger partial charge < -0.3 is 10.8 Å². The molecule has 0 bridgehead atoms. The van der Waals surface area contributed by atoms with Crippen LogP contribution in [0.3, 0.4) is 0 Å². The molecule has 134 valence electrons. The largest absolute Gasteiger partial charge is 0.477 e. The number of alkyl halides is 3. The summed E-state index contributed by atoms with van der Waals surface area (Å²) in [6.07, 6.45) is -4.75. The van der Waals surface area contributed by atoms with Gasteiger partial charge in [0.2, 0.25) is 0 Å². The van der Waals surface area contributed by atoms with E-state index in [2.05, 4.69) is 4.98 Å². The Morgan fingerprint density at radius 3 is 2.35 bits per heavy atom. The van der Waals surface area contributed by atoms with Gasteiger partial charge in [-0.1, -0.05) is 18.2 Å². The highest BCUT2D eigenvalue weighted by Crippen LogP contribution is 2.30. The van der Waals surface area contributed by atoms with Gasteiger partial charge in [-0.2, -0.15) is 13.2 Å². The van der Waals surface area contributed by atoms with Gasteiger partial charge in [-0.25, -0.2) is 9.78 Å². The Hall–Kier alpha value is -3.20. The van der Waals surface area contributed by atoms with Crippen molar-refractivity contribution in [3.05, 3.63) is 69.6 Å². The summed E-state index contributed by atoms with van der Waals surface area (Å²) in [6, 6.07) is 9.49. The number of aromatic nitrogens is 2. The number of fused-ring (bicyclic) bond motifs is 1. The first-order chi connectivity index (χ1) is 12.3. The average Bonchev–Trinajstić information content (AvgIpc) is 2.61. The molecule has 6 nitrogen and oxygen atoms in total. The molecule has 0 aliphatic heterocycles. The number of nitrogens with zero attached hydrogens (tertiary/aromatic N) is 2. The molecule has 2 aromatic heterocycles. The van der Waals surface area contributed by atoms with Crippen LogP contribution in [0.1, 0.15) is 21.7 Å². The van der Waals surface area contributed by atoms with Gasteiger partial charge in [-0.15, -0.1) is 0 Å². The van der Waals surface area contributed by atoms with Gasteiger partial charge in [0.05, 0.1) is 5.39 Å². The van der Waals surface area contributed by atoms with Crippen molar-refractivity contribution in [3.63, 3.8) is 0 Å². The third-order valence-electron chi connectivity index (χ3n) is 3.83. The van der Waals surface area contributed by atoms with Crippen molar-refractivity contribution in [2.45, 2.75) is 12.7 Å². The van der Waals surface area contributed by atoms with E-state index in [1.54, 1.807) is 18.2 Å². The van der Waals surface area contributed by atoms with Crippen LogP contribution in [0.4, 0.5) is 13.2 Å². The van der Waals surface area contributed by atoms with Gasteiger partial charge >= 0.3 is 12.1 Å². The first-order valence-electron chi connectivity index (χ1n) is 7.40. The van der Waals surface area contributed by atoms with E-state index in [-0.39, 0.29) is 23.2 Å². The molecule has 0 saturated carbocycles. The highest BCUT2D eigenvalue weighted by Gasteiger charge is 2.33. The molecule has 1 aromatic carbocycles. The standard InChI is InChI=1S/C17H12F3N3O3/c18-17(19,20)12-7-6-10-14(24)11(8-21)13(16(25)26)23(15(10)22-12)9-4-2-1-3-5-9/h1-7H,8,21H2,(H,25,26). The van der Waals surface area contributed by atoms with E-state index in [1.165, 1.54) is 12.1 Å². The molecule has 3 N–H and O–H groups in total. The number of aromatic carboxylic acids is 1. The van der Waals surface area contributed by atoms with Crippen molar-refractivity contribution >= 4 is 17.0 Å². The second-order valence-electron chi connectivity index (χ2n) is 5.40. The van der Waals surface area contributed by atoms with Gasteiger partial charge in [0.1, 0.15) is 17.0 Å². The van der Waals surface area contributed by atoms with Crippen LogP contribution in [-0.2, 0) is 12.7 Å². The van der Waals surface area contributed by atoms with Crippen LogP contribution in [0.2, 0.25) is 0 Å². The molecule has 26 heavy (non-hydrogen) atoms. The quantitative estimate of drug-likeness (QED) is 0.745. The Bertz CT molecular complexity index is 1060. The summed E-state index contributed by atoms with van der Waals surface area (Å²) in [5, 5.41) is 9.44. The van der Waals surface area contributed by atoms with E-state index in [0.717, 1.165) is 10.6 Å². The molecule has 9 heteroatoms. The summed E-state index contributed by atoms with van der Waals surface area (Å²) in [7, 11) is 0. The number of halogens is 3. The topological polar surface area (TPSA) is 98.2 Å². The molecule has 0 spiro atoms. The minimum atomic E-state index is -4.75. The monoisotopic (exact) mass is 363 g/mol. The Balaban J connectivity index is 2.57. The molecular formula is C17H12F3N3O3. The van der Waals surface area contributed by atoms with Crippen molar-refractivity contribution < 1.29 is 23.1 Å². The lowest BCUT2D eigenvalue weighted by atomic mass is 10.1. The molecule has 0 amide bonds. The summed E-state index contributed by atoms with van der Waals surface area (Å²) in [6.45, 7) is -0.385. The Morgan fingerprint density at radius 1 is 1.15 bits per heavy atom. The maximum Gasteiger partial charge on any atom is 0.433 e. The molecule has 0 aliphatic carbocycles. The summed E-state index contributed by atoms with van der Waals surface area (Å²) < 4.78 is 40.2. The average molecular weight is 363 g/mol. The number of nitrogens with two attached hydrogens (primary N) is 1. The number of carboxylic acid groups (broad SMARTS) is 1. The van der Waals surface area contributed by atoms with E-state index in [4.69, 9.17) is 5.73 Å². The lowest BCUT2D eigenvalue weighted by molar-refractivity contribution is -0.141. The number of carbonyl (C=O) groups is 1. The van der Waals surface area contributed by atoms with Crippen LogP contribution in [0, 0.1) is 0 Å². The van der Waals surface area contributed by atoms with E-state index in [1.807, 2.05) is 0 Å². The minimum Gasteiger partial charge on any atom is -0.477 e. The fourth-order valence-corrected chi connectivity index (χ4v) is 2.71. The second kappa shape index (κ2) is 6.26. The third-order valence-corrected chi connectivity index (χ3v) is 3.83. The molecule has 0 unspecified atom stereocenters. The fraction of sp³-hybridized carbons (Fsp3) is 0.118. The van der Waals surface area contributed by atoms with E-state index >= 15 is 0 Å². The van der Waals surface area contributed by atoms with Gasteiger partial charge in [0, 0.05) is 17.8 Å². The maximum absolute atomic E-state index is 13.1. The van der Waals surface area contributed by atoms with Gasteiger partial charge in [0.15, 0.2) is 5.43 Å². The zero-order valence-electron chi connectivity index (χ0n) is 13.1. The summed E-state index contributed by atoms with van der Waals surface area (Å²) in [5.41, 5.74) is 2.69. The zero-order chi connectivity index (χ0) is 19.1. The Morgan fingerprint density at radius 2 is 1.81 bits per heavy atom. The molecule has 0 atom stereocenters. The number of para-hydroxylation sites is 1. The first-order valence-corrected chi connectivity index (χ1v) is 7.40. The highest BCUT2D eigenvalue weighted by atomic mass is 19.4. The van der Waals surface area contributed by atoms with E-state index < -0.39 is 34.6 Å². The van der Waals surface area contributed by atoms with Gasteiger partial charge in [-0.3, -0.25) is 9.36 Å². The molecule has 0 aliphatic rings. The van der Waals surface area contributed by atoms with E-state index in [9.17, 15) is 27.9 Å². The Kier molecular flexibility index (Phi) is 4.25. The summed E-state index contributed by atoms with van der Waals surface area (Å²) in [5.74, 6) is -1.49. The summed E-state index contributed by atoms with van der Waals surface area (Å²) in [4.78, 5) is 27.9. The van der Waals surface area contributed by atoms with Crippen LogP contribution in [-0.4, -0.2) is 20.6 Å². The van der Waals surface area contributed by atoms with E-state index in [0.29, 0.717) is 6.07 Å². The normalized spacial score (nSPS) is 11.7. The third kappa shape index (κ3) is 2.82. The van der Waals surface area contributed by atoms with Crippen LogP contribution in [0.25, 0.3) is 16.7 Å². The molecule has 2 heterocycles. The summed E-state index contributed by atoms with van der Waals surface area (Å²) >= 11 is 0. The van der Waals surface area contributed by atoms with Crippen LogP contribution in [0.5, 0.6) is 0 Å². The number of hydrogen-bond acceptors (Lipinski definition) is 4. The number of rotatable bonds is 3. The number of pyridine rings is 2. The lowest BCUT2D eigenvalue weighted by Gasteiger charge is -2.18. The number of benzene rings is 1. The molecule has 0 fully saturated rings. The minimum absolute atomic E-state index is 0.146. The smallest absolute Gasteiger partial charge is 0.433 e. The number of carboxylic acids is 1. The Labute approximate surface area is 144 Å². The van der Waals surface area contributed by atoms with Gasteiger partial charge in [-0.05, 0) is 24.3 Å². The van der Waals surface area contributed by atoms with Crippen LogP contribution >= 0.6 is 0 Å². The first kappa shape index (κ1) is 17.6. The predicted octanol–water partition coefficient (Wildman–Crippen LogP) is 2.56. The molecule has 0 radical (unpaired) electrons. The van der Waals surface area contributed by atoms with Crippen LogP contribution in [0.15, 0.2) is 47.3 Å². The molecular weight excluding hydrogens is 351 g/mol. The van der Waals surface area contributed by atoms with Crippen molar-refractivity contribution in [1.29, 1.82) is 0 Å². The van der Waals surface area contributed by atoms with Crippen LogP contribution < -0.4 is 11.2 Å². The van der Waals surface area contributed by atoms with Crippen molar-refractivity contribution in [2.75, 3.05) is 0 Å². The second-order valence-corrected chi connectivity index (χ2v) is 5.40. The molecule has 3 rings (SSSR count). The molecule has 0 saturated heterocycles. The van der Waals surface area contributed by atoms with Crippen molar-refractivity contribution in [3.8, 4) is 5.69 Å². The predicted molar refractivity (Wildman–Crippen MR) is 87.2 cm³/mol. The molecule has 3 aromatic rings. The fourth-order valence-electron chi connectivity index (χ4n) is 2.71. The maximum atomic E-state index is 13.1. The highest BCUT2D eigenvalue weighted by molar-refractivity contribution is 5.93. The lowest BCUT2D eigenvalue weighted by Crippen LogP contribution is -2.26. The zero-order valence-corrected chi connectivity index (χ0v) is 13.1. The van der Waals surface area contributed by atoms with Crippen molar-refractivity contribution in [1.82, 2.24) is 9.55 Å². The van der Waals surface area contributed by atoms with Gasteiger partial charge in [0.25, 0.3) is 0 Å². The number of hydrogen-bond donors (Lipinski definition) is 2. The SMILES string of the molecule is NCc1c(C(=O)O)n(-c2ccccc2)c2nc(C(F)(F)F)ccc2c1=O. The van der Waals surface area contributed by atoms with Crippen molar-refractivity contribution in [2.24, 2.45) is 5.73 Å².